The van der Waals surface area contributed by atoms with Gasteiger partial charge in [-0.1, -0.05) is 6.07 Å². The fraction of sp³-hybridized carbons (Fsp3) is 0.375. The number of thiophene rings is 1. The van der Waals surface area contributed by atoms with E-state index in [1.165, 1.54) is 4.88 Å². The quantitative estimate of drug-likeness (QED) is 0.639. The monoisotopic (exact) mass is 172 g/mol. The first-order valence-corrected chi connectivity index (χ1v) is 4.24. The summed E-state index contributed by atoms with van der Waals surface area (Å²) in [6.07, 6.45) is 0. The average Bonchev–Trinajstić information content (AvgIpc) is 2.43. The summed E-state index contributed by atoms with van der Waals surface area (Å²) >= 11 is 1.78. The molecule has 0 aromatic carbocycles. The molecule has 0 fully saturated rings. The van der Waals surface area contributed by atoms with E-state index in [2.05, 4.69) is 29.2 Å². The smallest absolute Gasteiger partial charge is 0.293 e. The van der Waals surface area contributed by atoms with E-state index in [0.29, 0.717) is 13.1 Å². The van der Waals surface area contributed by atoms with Crippen molar-refractivity contribution in [1.82, 2.24) is 0 Å². The molecule has 0 radical (unpaired) electrons. The Hall–Kier alpha value is -0.830. The van der Waals surface area contributed by atoms with Gasteiger partial charge in [-0.3, -0.25) is 4.79 Å². The van der Waals surface area contributed by atoms with Crippen LogP contribution in [-0.4, -0.2) is 13.1 Å². The highest BCUT2D eigenvalue weighted by Gasteiger charge is 1.74. The summed E-state index contributed by atoms with van der Waals surface area (Å²) in [7, 11) is 0. The highest BCUT2D eigenvalue weighted by Crippen LogP contribution is 2.03. The number of hydrogen-bond acceptors (Lipinski definition) is 3. The van der Waals surface area contributed by atoms with Gasteiger partial charge in [-0.2, -0.15) is 0 Å². The van der Waals surface area contributed by atoms with Crippen LogP contribution < -0.4 is 0 Å². The predicted octanol–water partition coefficient (Wildman–Crippen LogP) is 2.24. The Balaban J connectivity index is 0.000000187. The van der Waals surface area contributed by atoms with Crippen molar-refractivity contribution in [3.63, 3.8) is 0 Å². The summed E-state index contributed by atoms with van der Waals surface area (Å²) in [5.41, 5.74) is 0. The largest absolute Gasteiger partial charge is 0.468 e. The minimum Gasteiger partial charge on any atom is -0.468 e. The van der Waals surface area contributed by atoms with Crippen LogP contribution >= 0.6 is 11.3 Å². The molecule has 0 aliphatic carbocycles. The third-order valence-corrected chi connectivity index (χ3v) is 1.70. The highest BCUT2D eigenvalue weighted by atomic mass is 32.1. The zero-order valence-electron chi connectivity index (χ0n) is 6.74. The summed E-state index contributed by atoms with van der Waals surface area (Å²) in [6, 6.07) is 4.16. The van der Waals surface area contributed by atoms with Crippen LogP contribution in [0.5, 0.6) is 0 Å². The van der Waals surface area contributed by atoms with Gasteiger partial charge in [0, 0.05) is 4.88 Å². The van der Waals surface area contributed by atoms with Crippen LogP contribution in [0, 0.1) is 6.92 Å². The number of carbonyl (C=O) groups excluding carboxylic acids is 1. The van der Waals surface area contributed by atoms with Crippen molar-refractivity contribution in [3.05, 3.63) is 22.4 Å². The Labute approximate surface area is 70.8 Å². The number of carbonyl (C=O) groups is 1. The van der Waals surface area contributed by atoms with E-state index in [9.17, 15) is 4.79 Å². The van der Waals surface area contributed by atoms with Crippen LogP contribution in [0.4, 0.5) is 0 Å². The third-order valence-electron chi connectivity index (χ3n) is 0.898. The molecule has 0 bridgehead atoms. The molecular formula is C8H12O2S. The van der Waals surface area contributed by atoms with Gasteiger partial charge in [0.2, 0.25) is 0 Å². The molecule has 1 aromatic rings. The zero-order chi connectivity index (χ0) is 8.53. The molecule has 1 aromatic heterocycles. The lowest BCUT2D eigenvalue weighted by atomic mass is 10.5. The van der Waals surface area contributed by atoms with Crippen molar-refractivity contribution < 1.29 is 9.53 Å². The Morgan fingerprint density at radius 3 is 2.55 bits per heavy atom. The van der Waals surface area contributed by atoms with E-state index in [-0.39, 0.29) is 0 Å². The third kappa shape index (κ3) is 7.06. The van der Waals surface area contributed by atoms with Crippen molar-refractivity contribution in [3.8, 4) is 0 Å². The van der Waals surface area contributed by atoms with E-state index in [1.54, 1.807) is 18.3 Å². The van der Waals surface area contributed by atoms with Crippen molar-refractivity contribution in [2.24, 2.45) is 0 Å². The Morgan fingerprint density at radius 1 is 1.73 bits per heavy atom. The molecule has 0 spiro atoms. The van der Waals surface area contributed by atoms with Crippen molar-refractivity contribution in [2.45, 2.75) is 13.8 Å². The lowest BCUT2D eigenvalue weighted by Gasteiger charge is -1.79. The maximum absolute atomic E-state index is 9.18. The molecule has 0 aliphatic rings. The van der Waals surface area contributed by atoms with E-state index < -0.39 is 0 Å². The van der Waals surface area contributed by atoms with Crippen LogP contribution in [0.2, 0.25) is 0 Å². The summed E-state index contributed by atoms with van der Waals surface area (Å²) < 4.78 is 4.15. The number of aryl methyl sites for hydroxylation is 1. The first kappa shape index (κ1) is 10.2. The minimum atomic E-state index is 0.431. The maximum Gasteiger partial charge on any atom is 0.293 e. The zero-order valence-corrected chi connectivity index (χ0v) is 7.56. The molecule has 11 heavy (non-hydrogen) atoms. The standard InChI is InChI=1S/C5H6S.C3H6O2/c1-5-3-2-4-6-5;1-2-5-3-4/h2-4H,1H3;3H,2H2,1H3. The predicted molar refractivity (Wildman–Crippen MR) is 46.7 cm³/mol. The minimum absolute atomic E-state index is 0.431. The van der Waals surface area contributed by atoms with E-state index in [4.69, 9.17) is 0 Å². The fourth-order valence-corrected chi connectivity index (χ4v) is 0.958. The van der Waals surface area contributed by atoms with Crippen LogP contribution in [0.25, 0.3) is 0 Å². The van der Waals surface area contributed by atoms with Gasteiger partial charge in [-0.15, -0.1) is 11.3 Å². The molecule has 0 unspecified atom stereocenters. The Bertz CT molecular complexity index is 170. The lowest BCUT2D eigenvalue weighted by Crippen LogP contribution is -1.80. The molecule has 0 atom stereocenters. The van der Waals surface area contributed by atoms with Crippen LogP contribution in [0.1, 0.15) is 11.8 Å². The van der Waals surface area contributed by atoms with Gasteiger partial charge in [0.25, 0.3) is 6.47 Å². The first-order chi connectivity index (χ1) is 5.31. The molecule has 0 amide bonds. The summed E-state index contributed by atoms with van der Waals surface area (Å²) in [5, 5.41) is 2.08. The second kappa shape index (κ2) is 7.28. The molecule has 0 saturated carbocycles. The van der Waals surface area contributed by atoms with Gasteiger partial charge < -0.3 is 4.74 Å². The maximum atomic E-state index is 9.18. The molecule has 3 heteroatoms. The number of ether oxygens (including phenoxy) is 1. The van der Waals surface area contributed by atoms with Crippen LogP contribution in [-0.2, 0) is 9.53 Å². The van der Waals surface area contributed by atoms with Gasteiger partial charge in [-0.05, 0) is 25.3 Å². The molecular weight excluding hydrogens is 160 g/mol. The molecule has 0 N–H and O–H groups in total. The second-order valence-electron chi connectivity index (χ2n) is 1.78. The van der Waals surface area contributed by atoms with Gasteiger partial charge in [0.15, 0.2) is 0 Å². The molecule has 0 saturated heterocycles. The van der Waals surface area contributed by atoms with Crippen molar-refractivity contribution in [1.29, 1.82) is 0 Å². The Kier molecular flexibility index (Phi) is 6.73. The van der Waals surface area contributed by atoms with E-state index in [1.807, 2.05) is 0 Å². The molecule has 1 rings (SSSR count). The van der Waals surface area contributed by atoms with Crippen molar-refractivity contribution >= 4 is 17.8 Å². The van der Waals surface area contributed by atoms with Crippen LogP contribution in [0.15, 0.2) is 17.5 Å². The van der Waals surface area contributed by atoms with Gasteiger partial charge >= 0.3 is 0 Å². The van der Waals surface area contributed by atoms with Crippen molar-refractivity contribution in [2.75, 3.05) is 6.61 Å². The van der Waals surface area contributed by atoms with E-state index >= 15 is 0 Å². The van der Waals surface area contributed by atoms with Gasteiger partial charge in [0.1, 0.15) is 0 Å². The van der Waals surface area contributed by atoms with E-state index in [0.717, 1.165) is 0 Å². The van der Waals surface area contributed by atoms with Gasteiger partial charge in [-0.25, -0.2) is 0 Å². The Morgan fingerprint density at radius 2 is 2.45 bits per heavy atom. The highest BCUT2D eigenvalue weighted by molar-refractivity contribution is 7.09. The molecule has 0 aliphatic heterocycles. The topological polar surface area (TPSA) is 26.3 Å². The molecule has 2 nitrogen and oxygen atoms in total. The second-order valence-corrected chi connectivity index (χ2v) is 2.93. The number of rotatable bonds is 2. The first-order valence-electron chi connectivity index (χ1n) is 3.36. The van der Waals surface area contributed by atoms with Gasteiger partial charge in [0.05, 0.1) is 6.61 Å². The lowest BCUT2D eigenvalue weighted by molar-refractivity contribution is -0.128. The molecule has 62 valence electrons. The average molecular weight is 172 g/mol. The fourth-order valence-electron chi connectivity index (χ4n) is 0.429. The summed E-state index contributed by atoms with van der Waals surface area (Å²) in [4.78, 5) is 10.6. The summed E-state index contributed by atoms with van der Waals surface area (Å²) in [6.45, 7) is 4.77. The summed E-state index contributed by atoms with van der Waals surface area (Å²) in [5.74, 6) is 0. The number of hydrogen-bond donors (Lipinski definition) is 0. The SMILES string of the molecule is CCOC=O.Cc1cccs1. The molecule has 1 heterocycles. The normalized spacial score (nSPS) is 7.82. The van der Waals surface area contributed by atoms with Crippen LogP contribution in [0.3, 0.4) is 0 Å².